The first-order valence-electron chi connectivity index (χ1n) is 9.03. The lowest BCUT2D eigenvalue weighted by atomic mass is 10.1. The number of phenolic OH excluding ortho intramolecular Hbond substituents is 1. The summed E-state index contributed by atoms with van der Waals surface area (Å²) in [6.07, 6.45) is -0.464. The van der Waals surface area contributed by atoms with Gasteiger partial charge in [0.15, 0.2) is 0 Å². The second kappa shape index (κ2) is 7.85. The molecule has 2 heterocycles. The van der Waals surface area contributed by atoms with Gasteiger partial charge in [-0.3, -0.25) is 9.80 Å². The van der Waals surface area contributed by atoms with Crippen LogP contribution in [-0.2, 0) is 11.3 Å². The Kier molecular flexibility index (Phi) is 5.13. The van der Waals surface area contributed by atoms with Crippen LogP contribution in [0.4, 0.5) is 10.5 Å². The van der Waals surface area contributed by atoms with Crippen LogP contribution >= 0.6 is 0 Å². The van der Waals surface area contributed by atoms with Crippen LogP contribution in [-0.4, -0.2) is 55.6 Å². The third kappa shape index (κ3) is 4.15. The van der Waals surface area contributed by atoms with Gasteiger partial charge in [0, 0.05) is 37.0 Å². The molecular weight excluding hydrogens is 348 g/mol. The fourth-order valence-electron chi connectivity index (χ4n) is 3.19. The number of ether oxygens (including phenoxy) is 3. The van der Waals surface area contributed by atoms with Crippen molar-refractivity contribution in [1.29, 1.82) is 0 Å². The summed E-state index contributed by atoms with van der Waals surface area (Å²) in [6, 6.07) is 12.2. The van der Waals surface area contributed by atoms with Gasteiger partial charge >= 0.3 is 6.09 Å². The zero-order valence-corrected chi connectivity index (χ0v) is 15.0. The van der Waals surface area contributed by atoms with E-state index in [9.17, 15) is 9.90 Å². The van der Waals surface area contributed by atoms with Crippen LogP contribution in [0.3, 0.4) is 0 Å². The molecule has 7 heteroatoms. The molecule has 7 nitrogen and oxygen atoms in total. The van der Waals surface area contributed by atoms with Crippen molar-refractivity contribution in [2.75, 3.05) is 44.4 Å². The molecule has 0 atom stereocenters. The van der Waals surface area contributed by atoms with Gasteiger partial charge in [-0.2, -0.15) is 0 Å². The maximum absolute atomic E-state index is 12.3. The first kappa shape index (κ1) is 17.6. The van der Waals surface area contributed by atoms with E-state index < -0.39 is 6.09 Å². The number of carbonyl (C=O) groups is 1. The molecule has 142 valence electrons. The lowest BCUT2D eigenvalue weighted by molar-refractivity contribution is 0.0322. The normalized spacial score (nSPS) is 17.3. The van der Waals surface area contributed by atoms with Gasteiger partial charge < -0.3 is 19.3 Å². The molecule has 0 radical (unpaired) electrons. The largest absolute Gasteiger partial charge is 0.508 e. The predicted octanol–water partition coefficient (Wildman–Crippen LogP) is 2.62. The molecule has 0 saturated carbocycles. The summed E-state index contributed by atoms with van der Waals surface area (Å²) in [5.41, 5.74) is 1.58. The van der Waals surface area contributed by atoms with Crippen LogP contribution in [0.5, 0.6) is 17.2 Å². The number of aromatic hydroxyl groups is 1. The van der Waals surface area contributed by atoms with Gasteiger partial charge in [0.25, 0.3) is 0 Å². The quantitative estimate of drug-likeness (QED) is 0.872. The van der Waals surface area contributed by atoms with Crippen molar-refractivity contribution < 1.29 is 24.1 Å². The minimum absolute atomic E-state index is 0.0774. The van der Waals surface area contributed by atoms with Gasteiger partial charge in [0.1, 0.15) is 23.9 Å². The van der Waals surface area contributed by atoms with E-state index in [4.69, 9.17) is 14.2 Å². The average Bonchev–Trinajstić information content (AvgIpc) is 2.69. The van der Waals surface area contributed by atoms with Gasteiger partial charge in [-0.1, -0.05) is 0 Å². The van der Waals surface area contributed by atoms with Gasteiger partial charge in [-0.25, -0.2) is 4.79 Å². The Bertz CT molecular complexity index is 803. The van der Waals surface area contributed by atoms with Crippen LogP contribution in [0.2, 0.25) is 0 Å². The lowest BCUT2D eigenvalue weighted by Crippen LogP contribution is -2.38. The van der Waals surface area contributed by atoms with Gasteiger partial charge in [0.05, 0.1) is 19.8 Å². The number of rotatable bonds is 5. The van der Waals surface area contributed by atoms with E-state index in [1.54, 1.807) is 17.0 Å². The topological polar surface area (TPSA) is 71.5 Å². The molecule has 0 bridgehead atoms. The predicted molar refractivity (Wildman–Crippen MR) is 99.5 cm³/mol. The molecule has 1 fully saturated rings. The highest BCUT2D eigenvalue weighted by Crippen LogP contribution is 2.32. The molecule has 2 aliphatic heterocycles. The SMILES string of the molecule is O=C1Oc2cc(O)ccc2CN1c1ccc(OCCN2CCOCC2)cc1. The number of phenols is 1. The Morgan fingerprint density at radius 3 is 2.63 bits per heavy atom. The second-order valence-electron chi connectivity index (χ2n) is 6.54. The average molecular weight is 370 g/mol. The monoisotopic (exact) mass is 370 g/mol. The fourth-order valence-corrected chi connectivity index (χ4v) is 3.19. The van der Waals surface area contributed by atoms with Crippen molar-refractivity contribution >= 4 is 11.8 Å². The standard InChI is InChI=1S/C20H22N2O5/c23-17-4-1-15-14-22(20(24)27-19(15)13-17)16-2-5-18(6-3-16)26-12-9-21-7-10-25-11-8-21/h1-6,13,23H,7-12,14H2. The van der Waals surface area contributed by atoms with Crippen molar-refractivity contribution in [2.24, 2.45) is 0 Å². The highest BCUT2D eigenvalue weighted by atomic mass is 16.6. The Morgan fingerprint density at radius 2 is 1.85 bits per heavy atom. The summed E-state index contributed by atoms with van der Waals surface area (Å²) in [7, 11) is 0. The molecule has 0 aliphatic carbocycles. The molecule has 0 aromatic heterocycles. The first-order valence-corrected chi connectivity index (χ1v) is 9.03. The number of hydrogen-bond donors (Lipinski definition) is 1. The number of morpholine rings is 1. The molecule has 0 spiro atoms. The molecule has 1 saturated heterocycles. The maximum atomic E-state index is 12.3. The third-order valence-corrected chi connectivity index (χ3v) is 4.73. The fraction of sp³-hybridized carbons (Fsp3) is 0.350. The summed E-state index contributed by atoms with van der Waals surface area (Å²) < 4.78 is 16.5. The van der Waals surface area contributed by atoms with Gasteiger partial charge in [0.2, 0.25) is 0 Å². The van der Waals surface area contributed by atoms with E-state index in [1.165, 1.54) is 6.07 Å². The van der Waals surface area contributed by atoms with E-state index >= 15 is 0 Å². The Labute approximate surface area is 157 Å². The lowest BCUT2D eigenvalue weighted by Gasteiger charge is -2.28. The van der Waals surface area contributed by atoms with E-state index in [2.05, 4.69) is 4.90 Å². The van der Waals surface area contributed by atoms with Crippen molar-refractivity contribution in [3.05, 3.63) is 48.0 Å². The number of anilines is 1. The minimum atomic E-state index is -0.464. The van der Waals surface area contributed by atoms with Crippen LogP contribution in [0.1, 0.15) is 5.56 Å². The van der Waals surface area contributed by atoms with Gasteiger partial charge in [-0.05, 0) is 36.4 Å². The molecule has 2 aromatic rings. The van der Waals surface area contributed by atoms with Crippen molar-refractivity contribution in [1.82, 2.24) is 4.90 Å². The summed E-state index contributed by atoms with van der Waals surface area (Å²) in [5, 5.41) is 9.51. The molecule has 1 N–H and O–H groups in total. The van der Waals surface area contributed by atoms with Crippen LogP contribution in [0.25, 0.3) is 0 Å². The second-order valence-corrected chi connectivity index (χ2v) is 6.54. The molecule has 2 aliphatic rings. The zero-order valence-electron chi connectivity index (χ0n) is 15.0. The number of fused-ring (bicyclic) bond motifs is 1. The number of hydrogen-bond acceptors (Lipinski definition) is 6. The highest BCUT2D eigenvalue weighted by Gasteiger charge is 2.26. The van der Waals surface area contributed by atoms with Crippen LogP contribution in [0, 0.1) is 0 Å². The number of benzene rings is 2. The summed E-state index contributed by atoms with van der Waals surface area (Å²) in [4.78, 5) is 16.1. The van der Waals surface area contributed by atoms with E-state index in [-0.39, 0.29) is 5.75 Å². The molecule has 2 aromatic carbocycles. The van der Waals surface area contributed by atoms with Crippen LogP contribution in [0.15, 0.2) is 42.5 Å². The summed E-state index contributed by atoms with van der Waals surface area (Å²) in [5.74, 6) is 1.25. The van der Waals surface area contributed by atoms with E-state index in [0.29, 0.717) is 18.9 Å². The summed E-state index contributed by atoms with van der Waals surface area (Å²) in [6.45, 7) is 5.32. The number of nitrogens with zero attached hydrogens (tertiary/aromatic N) is 2. The van der Waals surface area contributed by atoms with Crippen molar-refractivity contribution in [3.8, 4) is 17.2 Å². The molecular formula is C20H22N2O5. The number of carbonyl (C=O) groups excluding carboxylic acids is 1. The van der Waals surface area contributed by atoms with E-state index in [1.807, 2.05) is 24.3 Å². The Morgan fingerprint density at radius 1 is 1.07 bits per heavy atom. The minimum Gasteiger partial charge on any atom is -0.508 e. The zero-order chi connectivity index (χ0) is 18.6. The first-order chi connectivity index (χ1) is 13.2. The smallest absolute Gasteiger partial charge is 0.420 e. The molecule has 0 unspecified atom stereocenters. The molecule has 4 rings (SSSR count). The number of amides is 1. The van der Waals surface area contributed by atoms with Gasteiger partial charge in [-0.15, -0.1) is 0 Å². The van der Waals surface area contributed by atoms with Crippen molar-refractivity contribution in [3.63, 3.8) is 0 Å². The maximum Gasteiger partial charge on any atom is 0.420 e. The van der Waals surface area contributed by atoms with Crippen LogP contribution < -0.4 is 14.4 Å². The highest BCUT2D eigenvalue weighted by molar-refractivity contribution is 5.91. The molecule has 1 amide bonds. The summed E-state index contributed by atoms with van der Waals surface area (Å²) >= 11 is 0. The van der Waals surface area contributed by atoms with E-state index in [0.717, 1.165) is 49.8 Å². The molecule has 27 heavy (non-hydrogen) atoms. The van der Waals surface area contributed by atoms with Crippen molar-refractivity contribution in [2.45, 2.75) is 6.54 Å². The Balaban J connectivity index is 1.35. The Hall–Kier alpha value is -2.77. The third-order valence-electron chi connectivity index (χ3n) is 4.73.